The molecule has 1 aromatic rings. The lowest BCUT2D eigenvalue weighted by atomic mass is 9.77. The molecule has 5 heteroatoms. The van der Waals surface area contributed by atoms with Gasteiger partial charge in [-0.05, 0) is 68.4 Å². The number of amidine groups is 1. The average Bonchev–Trinajstić information content (AvgIpc) is 2.63. The van der Waals surface area contributed by atoms with Crippen molar-refractivity contribution in [1.29, 1.82) is 0 Å². The maximum atomic E-state index is 13.1. The summed E-state index contributed by atoms with van der Waals surface area (Å²) < 4.78 is 13.2. The second kappa shape index (κ2) is 6.94. The minimum atomic E-state index is -0.334. The number of halogens is 1. The Labute approximate surface area is 152 Å². The molecule has 0 atom stereocenters. The number of rotatable bonds is 1. The second-order valence-corrected chi connectivity index (χ2v) is 8.54. The smallest absolute Gasteiger partial charge is 0.257 e. The standard InChI is InChI=1S/C20H23FN2OS/c21-15-10-8-14(9-11-15)18(24)23-19-22-17-7-3-2-6-16(17)20(25-19)12-4-1-5-13-20/h8-11H,1-7,12-13H2,(H,22,23,24). The van der Waals surface area contributed by atoms with E-state index in [1.807, 2.05) is 0 Å². The van der Waals surface area contributed by atoms with E-state index in [4.69, 9.17) is 4.99 Å². The summed E-state index contributed by atoms with van der Waals surface area (Å²) in [5, 5.41) is 3.70. The fourth-order valence-electron chi connectivity index (χ4n) is 4.25. The Morgan fingerprint density at radius 3 is 2.52 bits per heavy atom. The number of allylic oxidation sites excluding steroid dienone is 1. The van der Waals surface area contributed by atoms with Crippen LogP contribution in [0.3, 0.4) is 0 Å². The van der Waals surface area contributed by atoms with Crippen LogP contribution >= 0.6 is 11.8 Å². The van der Waals surface area contributed by atoms with Crippen molar-refractivity contribution in [2.24, 2.45) is 4.99 Å². The van der Waals surface area contributed by atoms with Gasteiger partial charge >= 0.3 is 0 Å². The van der Waals surface area contributed by atoms with Crippen LogP contribution in [0.2, 0.25) is 0 Å². The molecule has 1 spiro atoms. The Morgan fingerprint density at radius 1 is 1.04 bits per heavy atom. The number of thioether (sulfide) groups is 1. The highest BCUT2D eigenvalue weighted by atomic mass is 32.2. The van der Waals surface area contributed by atoms with Gasteiger partial charge < -0.3 is 5.32 Å². The van der Waals surface area contributed by atoms with E-state index in [1.165, 1.54) is 74.9 Å². The van der Waals surface area contributed by atoms with E-state index >= 15 is 0 Å². The lowest BCUT2D eigenvalue weighted by molar-refractivity contribution is 0.0978. The van der Waals surface area contributed by atoms with Crippen molar-refractivity contribution in [2.75, 3.05) is 0 Å². The zero-order valence-electron chi connectivity index (χ0n) is 14.3. The number of benzene rings is 1. The van der Waals surface area contributed by atoms with Crippen LogP contribution in [0, 0.1) is 5.82 Å². The Bertz CT molecular complexity index is 733. The predicted octanol–water partition coefficient (Wildman–Crippen LogP) is 5.19. The molecule has 1 aromatic carbocycles. The molecule has 1 N–H and O–H groups in total. The van der Waals surface area contributed by atoms with Crippen molar-refractivity contribution in [3.63, 3.8) is 0 Å². The number of carbonyl (C=O) groups is 1. The molecule has 0 aromatic heterocycles. The average molecular weight is 358 g/mol. The van der Waals surface area contributed by atoms with Gasteiger partial charge in [0.1, 0.15) is 5.82 Å². The van der Waals surface area contributed by atoms with E-state index in [1.54, 1.807) is 17.3 Å². The van der Waals surface area contributed by atoms with Crippen molar-refractivity contribution in [3.8, 4) is 0 Å². The van der Waals surface area contributed by atoms with Crippen molar-refractivity contribution in [3.05, 3.63) is 46.9 Å². The summed E-state index contributed by atoms with van der Waals surface area (Å²) in [6.07, 6.45) is 10.8. The molecule has 132 valence electrons. The summed E-state index contributed by atoms with van der Waals surface area (Å²) >= 11 is 1.75. The molecular formula is C20H23FN2OS. The number of fused-ring (bicyclic) bond motifs is 1. The summed E-state index contributed by atoms with van der Waals surface area (Å²) in [5.74, 6) is -0.545. The van der Waals surface area contributed by atoms with E-state index < -0.39 is 0 Å². The quantitative estimate of drug-likeness (QED) is 0.751. The number of hydrogen-bond donors (Lipinski definition) is 1. The zero-order valence-corrected chi connectivity index (χ0v) is 15.1. The van der Waals surface area contributed by atoms with Crippen LogP contribution in [0.5, 0.6) is 0 Å². The molecule has 1 saturated carbocycles. The molecule has 3 aliphatic rings. The van der Waals surface area contributed by atoms with Gasteiger partial charge in [0.2, 0.25) is 0 Å². The third kappa shape index (κ3) is 3.39. The lowest BCUT2D eigenvalue weighted by Crippen LogP contribution is -2.40. The number of amides is 1. The fraction of sp³-hybridized carbons (Fsp3) is 0.500. The first kappa shape index (κ1) is 16.8. The minimum absolute atomic E-state index is 0.140. The third-order valence-corrected chi connectivity index (χ3v) is 6.94. The van der Waals surface area contributed by atoms with Crippen LogP contribution in [0.1, 0.15) is 68.1 Å². The maximum Gasteiger partial charge on any atom is 0.257 e. The first-order chi connectivity index (χ1) is 12.2. The monoisotopic (exact) mass is 358 g/mol. The van der Waals surface area contributed by atoms with Gasteiger partial charge in [0.25, 0.3) is 5.91 Å². The highest BCUT2D eigenvalue weighted by Gasteiger charge is 2.42. The number of hydrogen-bond acceptors (Lipinski definition) is 3. The highest BCUT2D eigenvalue weighted by Crippen LogP contribution is 2.52. The van der Waals surface area contributed by atoms with Crippen molar-refractivity contribution < 1.29 is 9.18 Å². The number of aliphatic imine (C=N–C) groups is 1. The van der Waals surface area contributed by atoms with E-state index in [-0.39, 0.29) is 16.5 Å². The van der Waals surface area contributed by atoms with E-state index in [2.05, 4.69) is 5.32 Å². The molecule has 1 heterocycles. The van der Waals surface area contributed by atoms with E-state index in [0.29, 0.717) is 5.56 Å². The highest BCUT2D eigenvalue weighted by molar-refractivity contribution is 8.15. The van der Waals surface area contributed by atoms with Crippen molar-refractivity contribution in [1.82, 2.24) is 5.32 Å². The Balaban J connectivity index is 1.59. The molecule has 0 saturated heterocycles. The lowest BCUT2D eigenvalue weighted by Gasteiger charge is -2.43. The van der Waals surface area contributed by atoms with Crippen LogP contribution in [0.4, 0.5) is 4.39 Å². The van der Waals surface area contributed by atoms with Gasteiger partial charge in [-0.1, -0.05) is 31.0 Å². The van der Waals surface area contributed by atoms with E-state index in [9.17, 15) is 9.18 Å². The molecule has 3 nitrogen and oxygen atoms in total. The van der Waals surface area contributed by atoms with Crippen LogP contribution < -0.4 is 5.32 Å². The van der Waals surface area contributed by atoms with Gasteiger partial charge in [0.15, 0.2) is 5.17 Å². The molecule has 1 aliphatic heterocycles. The van der Waals surface area contributed by atoms with Crippen LogP contribution in [0.15, 0.2) is 40.5 Å². The van der Waals surface area contributed by atoms with Gasteiger partial charge in [-0.25, -0.2) is 9.38 Å². The van der Waals surface area contributed by atoms with Gasteiger partial charge in [-0.15, -0.1) is 0 Å². The van der Waals surface area contributed by atoms with Gasteiger partial charge in [0, 0.05) is 16.0 Å². The molecule has 0 unspecified atom stereocenters. The van der Waals surface area contributed by atoms with Gasteiger partial charge in [-0.3, -0.25) is 4.79 Å². The molecule has 0 radical (unpaired) electrons. The Morgan fingerprint density at radius 2 is 1.76 bits per heavy atom. The molecule has 25 heavy (non-hydrogen) atoms. The maximum absolute atomic E-state index is 13.1. The predicted molar refractivity (Wildman–Crippen MR) is 100 cm³/mol. The first-order valence-corrected chi connectivity index (χ1v) is 10.1. The summed E-state index contributed by atoms with van der Waals surface area (Å²) in [7, 11) is 0. The van der Waals surface area contributed by atoms with Crippen molar-refractivity contribution in [2.45, 2.75) is 62.5 Å². The van der Waals surface area contributed by atoms with Crippen LogP contribution in [0.25, 0.3) is 0 Å². The summed E-state index contributed by atoms with van der Waals surface area (Å²) in [6.45, 7) is 0. The molecule has 4 rings (SSSR count). The SMILES string of the molecule is O=C(NC1=NC2=C(CCCC2)C2(CCCCC2)S1)c1ccc(F)cc1. The molecule has 1 fully saturated rings. The Kier molecular flexibility index (Phi) is 4.67. The molecular weight excluding hydrogens is 335 g/mol. The zero-order chi connectivity index (χ0) is 17.3. The fourth-order valence-corrected chi connectivity index (χ4v) is 5.75. The van der Waals surface area contributed by atoms with Crippen LogP contribution in [-0.2, 0) is 0 Å². The topological polar surface area (TPSA) is 41.5 Å². The normalized spacial score (nSPS) is 22.4. The molecule has 0 bridgehead atoms. The molecule has 2 aliphatic carbocycles. The van der Waals surface area contributed by atoms with Gasteiger partial charge in [0.05, 0.1) is 0 Å². The Hall–Kier alpha value is -1.62. The summed E-state index contributed by atoms with van der Waals surface area (Å²) in [5.41, 5.74) is 3.22. The molecule has 1 amide bonds. The summed E-state index contributed by atoms with van der Waals surface area (Å²) in [4.78, 5) is 17.3. The largest absolute Gasteiger partial charge is 0.301 e. The number of nitrogens with zero attached hydrogens (tertiary/aromatic N) is 1. The van der Waals surface area contributed by atoms with Gasteiger partial charge in [-0.2, -0.15) is 0 Å². The van der Waals surface area contributed by atoms with Crippen LogP contribution in [-0.4, -0.2) is 15.8 Å². The first-order valence-electron chi connectivity index (χ1n) is 9.23. The summed E-state index contributed by atoms with van der Waals surface area (Å²) in [6, 6.07) is 5.66. The van der Waals surface area contributed by atoms with E-state index in [0.717, 1.165) is 18.0 Å². The number of nitrogens with one attached hydrogen (secondary N) is 1. The third-order valence-electron chi connectivity index (χ3n) is 5.51. The minimum Gasteiger partial charge on any atom is -0.301 e. The number of carbonyl (C=O) groups excluding carboxylic acids is 1. The second-order valence-electron chi connectivity index (χ2n) is 7.17. The van der Waals surface area contributed by atoms with Crippen molar-refractivity contribution >= 4 is 22.8 Å².